The molecule has 142 valence electrons. The van der Waals surface area contributed by atoms with Gasteiger partial charge in [0.1, 0.15) is 0 Å². The van der Waals surface area contributed by atoms with E-state index in [2.05, 4.69) is 4.72 Å². The van der Waals surface area contributed by atoms with Crippen LogP contribution in [0, 0.1) is 26.7 Å². The Morgan fingerprint density at radius 3 is 1.96 bits per heavy atom. The van der Waals surface area contributed by atoms with Gasteiger partial charge in [0.25, 0.3) is 0 Å². The lowest BCUT2D eigenvalue weighted by molar-refractivity contribution is 0.336. The molecule has 1 rings (SSSR count). The molecule has 0 aliphatic heterocycles. The summed E-state index contributed by atoms with van der Waals surface area (Å²) in [6, 6.07) is 2.80. The summed E-state index contributed by atoms with van der Waals surface area (Å²) in [5, 5.41) is 9.66. The number of aryl methyl sites for hydroxylation is 3. The van der Waals surface area contributed by atoms with Crippen LogP contribution in [-0.2, 0) is 19.9 Å². The molecule has 0 heterocycles. The minimum absolute atomic E-state index is 0.153. The van der Waals surface area contributed by atoms with Crippen molar-refractivity contribution in [2.45, 2.75) is 45.6 Å². The molecule has 25 heavy (non-hydrogen) atoms. The first-order chi connectivity index (χ1) is 11.3. The molecule has 0 aliphatic carbocycles. The molecule has 0 amide bonds. The summed E-state index contributed by atoms with van der Waals surface area (Å²) in [6.45, 7) is 8.12. The topological polar surface area (TPSA) is 101 Å². The zero-order valence-corrected chi connectivity index (χ0v) is 17.1. The average Bonchev–Trinajstić information content (AvgIpc) is 2.39. The highest BCUT2D eigenvalue weighted by molar-refractivity contribution is 7.95. The predicted molar refractivity (Wildman–Crippen MR) is 99.6 cm³/mol. The number of nitrogens with one attached hydrogen (secondary N) is 1. The highest BCUT2D eigenvalue weighted by atomic mass is 32.2. The van der Waals surface area contributed by atoms with E-state index in [1.54, 1.807) is 39.8 Å². The number of hydrogen-bond donors (Lipinski definition) is 2. The van der Waals surface area contributed by atoms with Gasteiger partial charge in [0, 0.05) is 6.04 Å². The molecule has 8 heteroatoms. The van der Waals surface area contributed by atoms with Gasteiger partial charge in [-0.05, 0) is 43.9 Å². The summed E-state index contributed by atoms with van der Waals surface area (Å²) < 4.78 is 51.5. The second-order valence-electron chi connectivity index (χ2n) is 6.68. The summed E-state index contributed by atoms with van der Waals surface area (Å²) in [6.07, 6.45) is 2.30. The number of aliphatic hydroxyl groups is 1. The Bertz CT molecular complexity index is 845. The van der Waals surface area contributed by atoms with Gasteiger partial charge in [-0.3, -0.25) is 0 Å². The van der Waals surface area contributed by atoms with Crippen LogP contribution in [0.5, 0.6) is 0 Å². The van der Waals surface area contributed by atoms with Crippen molar-refractivity contribution in [3.05, 3.63) is 39.8 Å². The molecule has 1 aromatic carbocycles. The normalized spacial score (nSPS) is 14.8. The van der Waals surface area contributed by atoms with Crippen molar-refractivity contribution >= 4 is 19.9 Å². The summed E-state index contributed by atoms with van der Waals surface area (Å²) in [5.74, 6) is -0.188. The maximum atomic E-state index is 13.0. The first-order valence-corrected chi connectivity index (χ1v) is 11.3. The largest absolute Gasteiger partial charge is 0.391 e. The Kier molecular flexibility index (Phi) is 6.97. The summed E-state index contributed by atoms with van der Waals surface area (Å²) >= 11 is 0. The SMILES string of the molecule is Cc1cc(C)c(S(=O)(=O)/C(=C\[C@@H](NS(C)(=O)=O)C(C)C)CO)c(C)c1. The third-order valence-electron chi connectivity index (χ3n) is 3.81. The molecule has 2 N–H and O–H groups in total. The molecule has 0 radical (unpaired) electrons. The fraction of sp³-hybridized carbons (Fsp3) is 0.529. The molecule has 0 aromatic heterocycles. The van der Waals surface area contributed by atoms with E-state index in [0.717, 1.165) is 11.8 Å². The minimum Gasteiger partial charge on any atom is -0.391 e. The highest BCUT2D eigenvalue weighted by Crippen LogP contribution is 2.28. The lowest BCUT2D eigenvalue weighted by Gasteiger charge is -2.20. The van der Waals surface area contributed by atoms with Gasteiger partial charge < -0.3 is 5.11 Å². The first-order valence-electron chi connectivity index (χ1n) is 7.91. The number of aliphatic hydroxyl groups excluding tert-OH is 1. The van der Waals surface area contributed by atoms with E-state index < -0.39 is 32.5 Å². The predicted octanol–water partition coefficient (Wildman–Crippen LogP) is 1.84. The Labute approximate surface area is 150 Å². The summed E-state index contributed by atoms with van der Waals surface area (Å²) in [4.78, 5) is -0.0577. The maximum Gasteiger partial charge on any atom is 0.209 e. The van der Waals surface area contributed by atoms with Crippen molar-refractivity contribution in [2.75, 3.05) is 12.9 Å². The van der Waals surface area contributed by atoms with Crippen LogP contribution in [0.4, 0.5) is 0 Å². The van der Waals surface area contributed by atoms with Crippen LogP contribution in [0.15, 0.2) is 28.0 Å². The van der Waals surface area contributed by atoms with Crippen LogP contribution in [0.1, 0.15) is 30.5 Å². The van der Waals surface area contributed by atoms with Crippen LogP contribution in [-0.4, -0.2) is 40.8 Å². The minimum atomic E-state index is -3.94. The van der Waals surface area contributed by atoms with E-state index in [0.29, 0.717) is 11.1 Å². The zero-order chi connectivity index (χ0) is 19.6. The van der Waals surface area contributed by atoms with Gasteiger partial charge in [-0.15, -0.1) is 0 Å². The van der Waals surface area contributed by atoms with Gasteiger partial charge in [-0.2, -0.15) is 0 Å². The Morgan fingerprint density at radius 1 is 1.12 bits per heavy atom. The molecule has 0 unspecified atom stereocenters. The smallest absolute Gasteiger partial charge is 0.209 e. The Balaban J connectivity index is 3.51. The van der Waals surface area contributed by atoms with E-state index >= 15 is 0 Å². The van der Waals surface area contributed by atoms with E-state index in [1.807, 2.05) is 6.92 Å². The lowest BCUT2D eigenvalue weighted by Crippen LogP contribution is -2.37. The molecule has 0 spiro atoms. The van der Waals surface area contributed by atoms with E-state index in [1.165, 1.54) is 6.08 Å². The van der Waals surface area contributed by atoms with Crippen LogP contribution in [0.25, 0.3) is 0 Å². The molecule has 1 atom stereocenters. The standard InChI is InChI=1S/C17H27NO5S2/c1-11(2)16(18-24(6,20)21)9-15(10-19)25(22,23)17-13(4)7-12(3)8-14(17)5/h7-9,11,16,18-19H,10H2,1-6H3/b15-9-/t16-/m1/s1. The number of sulfonamides is 1. The van der Waals surface area contributed by atoms with Crippen LogP contribution >= 0.6 is 0 Å². The van der Waals surface area contributed by atoms with Crippen LogP contribution in [0.3, 0.4) is 0 Å². The van der Waals surface area contributed by atoms with E-state index in [4.69, 9.17) is 0 Å². The van der Waals surface area contributed by atoms with Crippen molar-refractivity contribution in [1.82, 2.24) is 4.72 Å². The molecule has 0 saturated carbocycles. The van der Waals surface area contributed by atoms with Crippen molar-refractivity contribution < 1.29 is 21.9 Å². The second-order valence-corrected chi connectivity index (χ2v) is 10.4. The summed E-state index contributed by atoms with van der Waals surface area (Å²) in [5.41, 5.74) is 2.13. The van der Waals surface area contributed by atoms with Crippen molar-refractivity contribution in [3.63, 3.8) is 0 Å². The molecule has 6 nitrogen and oxygen atoms in total. The fourth-order valence-electron chi connectivity index (χ4n) is 2.76. The van der Waals surface area contributed by atoms with Crippen molar-refractivity contribution in [3.8, 4) is 0 Å². The third-order valence-corrected chi connectivity index (χ3v) is 6.65. The van der Waals surface area contributed by atoms with Gasteiger partial charge in [0.2, 0.25) is 19.9 Å². The molecule has 1 aromatic rings. The van der Waals surface area contributed by atoms with Crippen LogP contribution < -0.4 is 4.72 Å². The van der Waals surface area contributed by atoms with Gasteiger partial charge in [0.15, 0.2) is 0 Å². The quantitative estimate of drug-likeness (QED) is 0.741. The van der Waals surface area contributed by atoms with Gasteiger partial charge in [-0.1, -0.05) is 31.5 Å². The number of rotatable bonds is 7. The van der Waals surface area contributed by atoms with Gasteiger partial charge in [0.05, 0.1) is 22.7 Å². The lowest BCUT2D eigenvalue weighted by atomic mass is 10.1. The zero-order valence-electron chi connectivity index (χ0n) is 15.5. The molecule has 0 fully saturated rings. The van der Waals surface area contributed by atoms with E-state index in [9.17, 15) is 21.9 Å². The molecular weight excluding hydrogens is 362 g/mol. The van der Waals surface area contributed by atoms with Crippen LogP contribution in [0.2, 0.25) is 0 Å². The highest BCUT2D eigenvalue weighted by Gasteiger charge is 2.27. The van der Waals surface area contributed by atoms with Gasteiger partial charge in [-0.25, -0.2) is 21.6 Å². The number of hydrogen-bond acceptors (Lipinski definition) is 5. The molecule has 0 bridgehead atoms. The Hall–Kier alpha value is -1.22. The molecule has 0 aliphatic rings. The molecule has 0 saturated heterocycles. The Morgan fingerprint density at radius 2 is 1.60 bits per heavy atom. The monoisotopic (exact) mass is 389 g/mol. The maximum absolute atomic E-state index is 13.0. The number of sulfone groups is 1. The third kappa shape index (κ3) is 5.64. The average molecular weight is 390 g/mol. The fourth-order valence-corrected chi connectivity index (χ4v) is 5.32. The van der Waals surface area contributed by atoms with Crippen molar-refractivity contribution in [2.24, 2.45) is 5.92 Å². The van der Waals surface area contributed by atoms with E-state index in [-0.39, 0.29) is 15.7 Å². The van der Waals surface area contributed by atoms with Crippen molar-refractivity contribution in [1.29, 1.82) is 0 Å². The first kappa shape index (κ1) is 21.8. The summed E-state index contributed by atoms with van der Waals surface area (Å²) in [7, 11) is -7.46. The second kappa shape index (κ2) is 7.99. The number of benzene rings is 1. The molecular formula is C17H27NO5S2. The van der Waals surface area contributed by atoms with Gasteiger partial charge >= 0.3 is 0 Å².